The van der Waals surface area contributed by atoms with Crippen molar-refractivity contribution in [2.45, 2.75) is 13.8 Å². The molecule has 70 valence electrons. The van der Waals surface area contributed by atoms with Crippen LogP contribution in [0.2, 0.25) is 0 Å². The van der Waals surface area contributed by atoms with E-state index in [2.05, 4.69) is 4.74 Å². The minimum Gasteiger partial charge on any atom is -0.481 e. The van der Waals surface area contributed by atoms with Gasteiger partial charge in [0.1, 0.15) is 0 Å². The van der Waals surface area contributed by atoms with Gasteiger partial charge in [-0.25, -0.2) is 4.79 Å². The van der Waals surface area contributed by atoms with E-state index >= 15 is 0 Å². The van der Waals surface area contributed by atoms with Gasteiger partial charge in [-0.2, -0.15) is 0 Å². The van der Waals surface area contributed by atoms with Gasteiger partial charge in [0.25, 0.3) is 5.97 Å². The van der Waals surface area contributed by atoms with Crippen LogP contribution in [0.15, 0.2) is 0 Å². The highest BCUT2D eigenvalue weighted by molar-refractivity contribution is 6.80. The van der Waals surface area contributed by atoms with Crippen molar-refractivity contribution >= 4 is 28.8 Å². The molecular weight excluding hydrogens is 188 g/mol. The van der Waals surface area contributed by atoms with Crippen LogP contribution < -0.4 is 0 Å². The fraction of sp³-hybridized carbons (Fsp3) is 0.500. The van der Waals surface area contributed by atoms with Gasteiger partial charge in [-0.05, 0) is 18.5 Å². The summed E-state index contributed by atoms with van der Waals surface area (Å²) in [5, 5.41) is 6.34. The number of rotatable bonds is 2. The molecule has 0 radical (unpaired) electrons. The normalized spacial score (nSPS) is 7.58. The third kappa shape index (κ3) is 16.0. The molecule has 0 spiro atoms. The Hall–Kier alpha value is -1.10. The summed E-state index contributed by atoms with van der Waals surface area (Å²) in [6, 6.07) is 0. The van der Waals surface area contributed by atoms with E-state index in [1.165, 1.54) is 0 Å². The largest absolute Gasteiger partial charge is 0.481 e. The number of carboxylic acid groups (broad SMARTS) is 1. The molecule has 12 heavy (non-hydrogen) atoms. The van der Waals surface area contributed by atoms with Crippen LogP contribution >= 0.6 is 11.6 Å². The van der Waals surface area contributed by atoms with Crippen LogP contribution in [0.1, 0.15) is 13.8 Å². The average molecular weight is 197 g/mol. The van der Waals surface area contributed by atoms with Crippen LogP contribution in [0, 0.1) is 0 Å². The highest BCUT2D eigenvalue weighted by Gasteiger charge is 2.08. The molecule has 0 aromatic heterocycles. The topological polar surface area (TPSA) is 80.7 Å². The summed E-state index contributed by atoms with van der Waals surface area (Å²) in [5.74, 6) is -1.82. The van der Waals surface area contributed by atoms with Crippen molar-refractivity contribution in [1.29, 1.82) is 0 Å². The Kier molecular flexibility index (Phi) is 8.99. The second kappa shape index (κ2) is 8.00. The molecule has 0 aliphatic heterocycles. The summed E-state index contributed by atoms with van der Waals surface area (Å²) in [6.45, 7) is 2.86. The molecule has 0 saturated carbocycles. The summed E-state index contributed by atoms with van der Waals surface area (Å²) in [7, 11) is 0. The first-order chi connectivity index (χ1) is 5.41. The van der Waals surface area contributed by atoms with Crippen molar-refractivity contribution in [3.63, 3.8) is 0 Å². The van der Waals surface area contributed by atoms with Crippen molar-refractivity contribution in [2.24, 2.45) is 0 Å². The monoisotopic (exact) mass is 196 g/mol. The summed E-state index contributed by atoms with van der Waals surface area (Å²) in [5.41, 5.74) is 0. The van der Waals surface area contributed by atoms with Crippen molar-refractivity contribution in [3.05, 3.63) is 0 Å². The van der Waals surface area contributed by atoms with Gasteiger partial charge < -0.3 is 9.84 Å². The predicted octanol–water partition coefficient (Wildman–Crippen LogP) is 0.406. The Balaban J connectivity index is 0. The second-order valence-corrected chi connectivity index (χ2v) is 1.86. The summed E-state index contributed by atoms with van der Waals surface area (Å²) in [4.78, 5) is 28.9. The highest BCUT2D eigenvalue weighted by atomic mass is 35.5. The number of ether oxygens (including phenoxy) is 1. The molecule has 6 heteroatoms. The third-order valence-electron chi connectivity index (χ3n) is 0.436. The molecule has 0 aliphatic carbocycles. The number of aliphatic carboxylic acids is 1. The number of carbonyl (C=O) groups excluding carboxylic acids is 2. The molecule has 5 nitrogen and oxygen atoms in total. The molecule has 0 fully saturated rings. The quantitative estimate of drug-likeness (QED) is 0.393. The molecule has 0 aromatic carbocycles. The van der Waals surface area contributed by atoms with Gasteiger partial charge in [0.15, 0.2) is 0 Å². The van der Waals surface area contributed by atoms with Crippen molar-refractivity contribution < 1.29 is 24.2 Å². The predicted molar refractivity (Wildman–Crippen MR) is 40.8 cm³/mol. The summed E-state index contributed by atoms with van der Waals surface area (Å²) in [6.07, 6.45) is 0. The number of carbonyl (C=O) groups is 3. The maximum Gasteiger partial charge on any atom is 0.391 e. The Labute approximate surface area is 74.3 Å². The number of hydrogen-bond donors (Lipinski definition) is 1. The van der Waals surface area contributed by atoms with E-state index in [0.29, 0.717) is 0 Å². The Bertz CT molecular complexity index is 173. The molecule has 0 bridgehead atoms. The molecule has 0 heterocycles. The SMILES string of the molecule is CC(=O)O.CCOC(=O)C(=O)Cl. The minimum atomic E-state index is -1.08. The van der Waals surface area contributed by atoms with Crippen LogP contribution in [0.4, 0.5) is 0 Å². The van der Waals surface area contributed by atoms with Crippen molar-refractivity contribution in [1.82, 2.24) is 0 Å². The lowest BCUT2D eigenvalue weighted by atomic mass is 10.7. The molecule has 0 aromatic rings. The van der Waals surface area contributed by atoms with E-state index in [1.807, 2.05) is 0 Å². The molecule has 0 rings (SSSR count). The van der Waals surface area contributed by atoms with Gasteiger partial charge in [0.05, 0.1) is 6.61 Å². The number of hydrogen-bond acceptors (Lipinski definition) is 4. The van der Waals surface area contributed by atoms with Gasteiger partial charge in [-0.1, -0.05) is 0 Å². The maximum absolute atomic E-state index is 10.0. The van der Waals surface area contributed by atoms with Gasteiger partial charge in [-0.3, -0.25) is 9.59 Å². The third-order valence-corrected chi connectivity index (χ3v) is 0.590. The second-order valence-electron chi connectivity index (χ2n) is 1.51. The fourth-order valence-corrected chi connectivity index (χ4v) is 0.242. The lowest BCUT2D eigenvalue weighted by molar-refractivity contribution is -0.149. The summed E-state index contributed by atoms with van der Waals surface area (Å²) < 4.78 is 4.18. The average Bonchev–Trinajstić information content (AvgIpc) is 1.86. The lowest BCUT2D eigenvalue weighted by Gasteiger charge is -1.91. The maximum atomic E-state index is 10.0. The Morgan fingerprint density at radius 3 is 1.83 bits per heavy atom. The first kappa shape index (κ1) is 13.5. The lowest BCUT2D eigenvalue weighted by Crippen LogP contribution is -2.10. The van der Waals surface area contributed by atoms with E-state index in [4.69, 9.17) is 21.5 Å². The van der Waals surface area contributed by atoms with Crippen LogP contribution in [-0.2, 0) is 19.1 Å². The molecule has 0 unspecified atom stereocenters. The van der Waals surface area contributed by atoms with E-state index in [9.17, 15) is 9.59 Å². The van der Waals surface area contributed by atoms with E-state index in [1.54, 1.807) is 6.92 Å². The summed E-state index contributed by atoms with van der Waals surface area (Å²) >= 11 is 4.69. The number of halogens is 1. The van der Waals surface area contributed by atoms with Gasteiger partial charge in [-0.15, -0.1) is 0 Å². The van der Waals surface area contributed by atoms with Gasteiger partial charge in [0, 0.05) is 6.92 Å². The molecule has 0 atom stereocenters. The standard InChI is InChI=1S/C4H5ClO3.C2H4O2/c1-2-8-4(7)3(5)6;1-2(3)4/h2H2,1H3;1H3,(H,3,4). The highest BCUT2D eigenvalue weighted by Crippen LogP contribution is 1.83. The zero-order valence-corrected chi connectivity index (χ0v) is 7.42. The van der Waals surface area contributed by atoms with Crippen molar-refractivity contribution in [2.75, 3.05) is 6.61 Å². The van der Waals surface area contributed by atoms with E-state index in [-0.39, 0.29) is 6.61 Å². The number of esters is 1. The van der Waals surface area contributed by atoms with E-state index in [0.717, 1.165) is 6.92 Å². The molecule has 0 saturated heterocycles. The smallest absolute Gasteiger partial charge is 0.391 e. The zero-order chi connectivity index (χ0) is 10.1. The van der Waals surface area contributed by atoms with Crippen LogP contribution in [0.25, 0.3) is 0 Å². The van der Waals surface area contributed by atoms with Gasteiger partial charge in [0.2, 0.25) is 0 Å². The van der Waals surface area contributed by atoms with Crippen LogP contribution in [-0.4, -0.2) is 28.9 Å². The van der Waals surface area contributed by atoms with Gasteiger partial charge >= 0.3 is 11.2 Å². The Morgan fingerprint density at radius 2 is 1.75 bits per heavy atom. The molecular formula is C6H9ClO5. The van der Waals surface area contributed by atoms with E-state index < -0.39 is 17.2 Å². The van der Waals surface area contributed by atoms with Crippen LogP contribution in [0.5, 0.6) is 0 Å². The Morgan fingerprint density at radius 1 is 1.42 bits per heavy atom. The molecule has 0 aliphatic rings. The first-order valence-corrected chi connectivity index (χ1v) is 3.35. The number of carboxylic acids is 1. The molecule has 0 amide bonds. The minimum absolute atomic E-state index is 0.178. The van der Waals surface area contributed by atoms with Crippen LogP contribution in [0.3, 0.4) is 0 Å². The fourth-order valence-electron chi connectivity index (χ4n) is 0.188. The molecule has 1 N–H and O–H groups in total. The zero-order valence-electron chi connectivity index (χ0n) is 6.67. The van der Waals surface area contributed by atoms with Crippen molar-refractivity contribution in [3.8, 4) is 0 Å². The first-order valence-electron chi connectivity index (χ1n) is 2.97.